The number of furan rings is 1. The summed E-state index contributed by atoms with van der Waals surface area (Å²) in [6.45, 7) is 0.280. The molecule has 6 nitrogen and oxygen atoms in total. The number of fused-ring (bicyclic) bond motifs is 3. The zero-order valence-corrected chi connectivity index (χ0v) is 14.3. The van der Waals surface area contributed by atoms with Crippen molar-refractivity contribution in [2.45, 2.75) is 12.5 Å². The monoisotopic (exact) mass is 363 g/mol. The number of carboxylic acids is 1. The molecule has 6 heteroatoms. The molecule has 0 atom stereocenters. The molecule has 0 fully saturated rings. The van der Waals surface area contributed by atoms with Crippen LogP contribution in [0.1, 0.15) is 33.4 Å². The first-order chi connectivity index (χ1) is 13.1. The van der Waals surface area contributed by atoms with Crippen LogP contribution in [0.15, 0.2) is 65.1 Å². The molecular formula is C21H17NO5. The number of carbonyl (C=O) groups is 2. The average Bonchev–Trinajstić information content (AvgIpc) is 3.28. The fraction of sp³-hybridized carbons (Fsp3) is 0.143. The van der Waals surface area contributed by atoms with Crippen molar-refractivity contribution >= 4 is 12.1 Å². The van der Waals surface area contributed by atoms with E-state index in [9.17, 15) is 9.59 Å². The van der Waals surface area contributed by atoms with Gasteiger partial charge in [0.25, 0.3) is 0 Å². The molecule has 2 aromatic carbocycles. The van der Waals surface area contributed by atoms with Crippen LogP contribution >= 0.6 is 0 Å². The van der Waals surface area contributed by atoms with Crippen molar-refractivity contribution in [1.29, 1.82) is 0 Å². The maximum atomic E-state index is 12.0. The van der Waals surface area contributed by atoms with Gasteiger partial charge in [-0.1, -0.05) is 48.5 Å². The highest BCUT2D eigenvalue weighted by atomic mass is 16.5. The van der Waals surface area contributed by atoms with Crippen LogP contribution in [0, 0.1) is 0 Å². The number of ether oxygens (including phenoxy) is 1. The van der Waals surface area contributed by atoms with Gasteiger partial charge in [-0.25, -0.2) is 9.59 Å². The van der Waals surface area contributed by atoms with Crippen LogP contribution in [-0.4, -0.2) is 23.8 Å². The summed E-state index contributed by atoms with van der Waals surface area (Å²) in [6, 6.07) is 19.1. The van der Waals surface area contributed by atoms with Gasteiger partial charge in [0.15, 0.2) is 0 Å². The molecule has 1 aliphatic rings. The number of aromatic carboxylic acids is 1. The first kappa shape index (κ1) is 16.9. The number of carbonyl (C=O) groups excluding carboxylic acids is 1. The smallest absolute Gasteiger partial charge is 0.407 e. The Labute approximate surface area is 155 Å². The molecule has 0 bridgehead atoms. The van der Waals surface area contributed by atoms with Crippen LogP contribution in [0.2, 0.25) is 0 Å². The Kier molecular flexibility index (Phi) is 4.38. The molecule has 1 aliphatic carbocycles. The molecule has 0 radical (unpaired) electrons. The molecule has 0 saturated carbocycles. The summed E-state index contributed by atoms with van der Waals surface area (Å²) in [6.07, 6.45) is -0.579. The molecule has 0 saturated heterocycles. The van der Waals surface area contributed by atoms with Crippen LogP contribution in [0.25, 0.3) is 11.1 Å². The zero-order chi connectivity index (χ0) is 18.8. The summed E-state index contributed by atoms with van der Waals surface area (Å²) < 4.78 is 10.5. The lowest BCUT2D eigenvalue weighted by Crippen LogP contribution is -2.25. The molecule has 0 spiro atoms. The van der Waals surface area contributed by atoms with Gasteiger partial charge < -0.3 is 19.6 Å². The highest BCUT2D eigenvalue weighted by molar-refractivity contribution is 5.84. The minimum atomic E-state index is -1.15. The minimum Gasteiger partial charge on any atom is -0.475 e. The van der Waals surface area contributed by atoms with Gasteiger partial charge in [0, 0.05) is 5.92 Å². The van der Waals surface area contributed by atoms with Gasteiger partial charge >= 0.3 is 12.1 Å². The van der Waals surface area contributed by atoms with E-state index >= 15 is 0 Å². The predicted octanol–water partition coefficient (Wildman–Crippen LogP) is 4.02. The Morgan fingerprint density at radius 3 is 2.19 bits per heavy atom. The molecule has 0 unspecified atom stereocenters. The lowest BCUT2D eigenvalue weighted by Gasteiger charge is -2.14. The van der Waals surface area contributed by atoms with Crippen molar-refractivity contribution < 1.29 is 23.8 Å². The van der Waals surface area contributed by atoms with Gasteiger partial charge in [-0.15, -0.1) is 0 Å². The first-order valence-corrected chi connectivity index (χ1v) is 8.54. The van der Waals surface area contributed by atoms with E-state index in [1.165, 1.54) is 23.3 Å². The molecule has 136 valence electrons. The highest BCUT2D eigenvalue weighted by Gasteiger charge is 2.28. The first-order valence-electron chi connectivity index (χ1n) is 8.54. The maximum Gasteiger partial charge on any atom is 0.407 e. The molecular weight excluding hydrogens is 346 g/mol. The number of alkyl carbamates (subject to hydrolysis) is 1. The normalized spacial score (nSPS) is 12.3. The number of rotatable bonds is 5. The van der Waals surface area contributed by atoms with Crippen molar-refractivity contribution in [3.05, 3.63) is 83.3 Å². The van der Waals surface area contributed by atoms with E-state index in [1.54, 1.807) is 0 Å². The van der Waals surface area contributed by atoms with E-state index in [2.05, 4.69) is 29.6 Å². The van der Waals surface area contributed by atoms with Crippen LogP contribution in [0.3, 0.4) is 0 Å². The molecule has 1 aromatic heterocycles. The third kappa shape index (κ3) is 3.29. The second-order valence-corrected chi connectivity index (χ2v) is 6.25. The Hall–Kier alpha value is -3.54. The molecule has 3 aromatic rings. The maximum absolute atomic E-state index is 12.0. The van der Waals surface area contributed by atoms with Crippen molar-refractivity contribution in [3.8, 4) is 11.1 Å². The van der Waals surface area contributed by atoms with Crippen LogP contribution in [0.4, 0.5) is 4.79 Å². The van der Waals surface area contributed by atoms with E-state index in [0.717, 1.165) is 11.1 Å². The summed E-state index contributed by atoms with van der Waals surface area (Å²) in [5.74, 6) is -0.979. The standard InChI is InChI=1S/C21H17NO5/c23-20(24)19-10-9-13(27-19)11-22-21(25)26-12-18-16-7-3-1-5-14(16)15-6-2-4-8-17(15)18/h1-10,18H,11-12H2,(H,22,25)(H,23,24). The Balaban J connectivity index is 1.39. The second kappa shape index (κ2) is 6.99. The quantitative estimate of drug-likeness (QED) is 0.715. The lowest BCUT2D eigenvalue weighted by atomic mass is 9.98. The predicted molar refractivity (Wildman–Crippen MR) is 97.6 cm³/mol. The van der Waals surface area contributed by atoms with E-state index in [-0.39, 0.29) is 24.8 Å². The fourth-order valence-electron chi connectivity index (χ4n) is 3.40. The largest absolute Gasteiger partial charge is 0.475 e. The number of carboxylic acid groups (broad SMARTS) is 1. The van der Waals surface area contributed by atoms with E-state index in [4.69, 9.17) is 14.3 Å². The summed E-state index contributed by atoms with van der Waals surface area (Å²) in [5.41, 5.74) is 4.62. The Morgan fingerprint density at radius 2 is 1.59 bits per heavy atom. The minimum absolute atomic E-state index is 0.00891. The lowest BCUT2D eigenvalue weighted by molar-refractivity contribution is 0.0660. The van der Waals surface area contributed by atoms with Gasteiger partial charge in [0.05, 0.1) is 6.54 Å². The van der Waals surface area contributed by atoms with E-state index in [1.807, 2.05) is 24.3 Å². The van der Waals surface area contributed by atoms with Gasteiger partial charge in [0.2, 0.25) is 5.76 Å². The molecule has 27 heavy (non-hydrogen) atoms. The third-order valence-corrected chi connectivity index (χ3v) is 4.62. The molecule has 0 aliphatic heterocycles. The highest BCUT2D eigenvalue weighted by Crippen LogP contribution is 2.44. The van der Waals surface area contributed by atoms with Gasteiger partial charge in [-0.2, -0.15) is 0 Å². The summed E-state index contributed by atoms with van der Waals surface area (Å²) >= 11 is 0. The van der Waals surface area contributed by atoms with Crippen molar-refractivity contribution in [3.63, 3.8) is 0 Å². The summed E-state index contributed by atoms with van der Waals surface area (Å²) in [4.78, 5) is 22.8. The van der Waals surface area contributed by atoms with Gasteiger partial charge in [0.1, 0.15) is 12.4 Å². The van der Waals surface area contributed by atoms with E-state index in [0.29, 0.717) is 5.76 Å². The molecule has 1 amide bonds. The summed E-state index contributed by atoms with van der Waals surface area (Å²) in [5, 5.41) is 11.4. The zero-order valence-electron chi connectivity index (χ0n) is 14.3. The third-order valence-electron chi connectivity index (χ3n) is 4.62. The Bertz CT molecular complexity index is 962. The van der Waals surface area contributed by atoms with Crippen LogP contribution in [0.5, 0.6) is 0 Å². The number of nitrogens with one attached hydrogen (secondary N) is 1. The van der Waals surface area contributed by atoms with Crippen LogP contribution < -0.4 is 5.32 Å². The van der Waals surface area contributed by atoms with Crippen molar-refractivity contribution in [2.24, 2.45) is 0 Å². The van der Waals surface area contributed by atoms with Gasteiger partial charge in [-0.05, 0) is 34.4 Å². The van der Waals surface area contributed by atoms with Crippen LogP contribution in [-0.2, 0) is 11.3 Å². The van der Waals surface area contributed by atoms with E-state index < -0.39 is 12.1 Å². The number of hydrogen-bond acceptors (Lipinski definition) is 4. The number of hydrogen-bond donors (Lipinski definition) is 2. The SMILES string of the molecule is O=C(NCc1ccc(C(=O)O)o1)OCC1c2ccccc2-c2ccccc21. The summed E-state index contributed by atoms with van der Waals surface area (Å²) in [7, 11) is 0. The van der Waals surface area contributed by atoms with Crippen molar-refractivity contribution in [1.82, 2.24) is 5.32 Å². The molecule has 2 N–H and O–H groups in total. The number of amides is 1. The molecule has 4 rings (SSSR count). The Morgan fingerprint density at radius 1 is 0.963 bits per heavy atom. The molecule has 1 heterocycles. The van der Waals surface area contributed by atoms with Gasteiger partial charge in [-0.3, -0.25) is 0 Å². The average molecular weight is 363 g/mol. The number of benzene rings is 2. The van der Waals surface area contributed by atoms with Crippen molar-refractivity contribution in [2.75, 3.05) is 6.61 Å². The topological polar surface area (TPSA) is 88.8 Å². The fourth-order valence-corrected chi connectivity index (χ4v) is 3.40. The second-order valence-electron chi connectivity index (χ2n) is 6.25.